The summed E-state index contributed by atoms with van der Waals surface area (Å²) in [5, 5.41) is 11.6. The van der Waals surface area contributed by atoms with E-state index in [9.17, 15) is 4.79 Å². The summed E-state index contributed by atoms with van der Waals surface area (Å²) in [5.41, 5.74) is 5.32. The highest BCUT2D eigenvalue weighted by molar-refractivity contribution is 7.80. The molecule has 6 heteroatoms. The van der Waals surface area contributed by atoms with Crippen LogP contribution in [0.1, 0.15) is 13.3 Å². The van der Waals surface area contributed by atoms with Gasteiger partial charge in [0.25, 0.3) is 0 Å². The van der Waals surface area contributed by atoms with Crippen molar-refractivity contribution in [1.29, 1.82) is 0 Å². The highest BCUT2D eigenvalue weighted by atomic mass is 32.1. The number of nitrogens with two attached hydrogens (primary N) is 1. The maximum atomic E-state index is 10.7. The third-order valence-corrected chi connectivity index (χ3v) is 1.84. The van der Waals surface area contributed by atoms with Gasteiger partial charge >= 0.3 is 5.97 Å². The van der Waals surface area contributed by atoms with Crippen LogP contribution in [0, 0.1) is 0 Å². The molecule has 0 aliphatic rings. The van der Waals surface area contributed by atoms with Gasteiger partial charge in [-0.3, -0.25) is 9.79 Å². The fourth-order valence-corrected chi connectivity index (χ4v) is 1.17. The minimum Gasteiger partial charge on any atom is -0.480 e. The standard InChI is InChI=1S/C8H17N3O2S/c1-6(9)10-3-4-11-7(2-5-14)8(12)13/h7,11,14H,2-5H2,1H3,(H2,9,10)(H,12,13)/t7-/m0/s1. The predicted octanol–water partition coefficient (Wildman–Crippen LogP) is -0.274. The molecule has 0 bridgehead atoms. The van der Waals surface area contributed by atoms with Gasteiger partial charge < -0.3 is 16.2 Å². The molecule has 0 aromatic heterocycles. The highest BCUT2D eigenvalue weighted by Gasteiger charge is 2.14. The Hall–Kier alpha value is -0.750. The number of carboxylic acid groups (broad SMARTS) is 1. The topological polar surface area (TPSA) is 87.7 Å². The van der Waals surface area contributed by atoms with Gasteiger partial charge in [-0.15, -0.1) is 0 Å². The zero-order valence-electron chi connectivity index (χ0n) is 8.23. The van der Waals surface area contributed by atoms with Crippen molar-refractivity contribution in [2.45, 2.75) is 19.4 Å². The van der Waals surface area contributed by atoms with E-state index in [-0.39, 0.29) is 0 Å². The van der Waals surface area contributed by atoms with E-state index in [0.29, 0.717) is 31.1 Å². The van der Waals surface area contributed by atoms with Crippen LogP contribution in [0.25, 0.3) is 0 Å². The molecule has 0 unspecified atom stereocenters. The van der Waals surface area contributed by atoms with E-state index < -0.39 is 12.0 Å². The van der Waals surface area contributed by atoms with Crippen LogP contribution in [0.15, 0.2) is 4.99 Å². The molecule has 4 N–H and O–H groups in total. The van der Waals surface area contributed by atoms with E-state index in [2.05, 4.69) is 22.9 Å². The molecule has 0 aliphatic carbocycles. The van der Waals surface area contributed by atoms with Crippen LogP contribution in [-0.2, 0) is 4.79 Å². The molecule has 0 heterocycles. The summed E-state index contributed by atoms with van der Waals surface area (Å²) in [5.74, 6) is 0.198. The van der Waals surface area contributed by atoms with Crippen LogP contribution in [0.4, 0.5) is 0 Å². The Kier molecular flexibility index (Phi) is 7.23. The number of rotatable bonds is 7. The Morgan fingerprint density at radius 1 is 1.71 bits per heavy atom. The van der Waals surface area contributed by atoms with Gasteiger partial charge in [-0.2, -0.15) is 12.6 Å². The average Bonchev–Trinajstić information content (AvgIpc) is 2.09. The smallest absolute Gasteiger partial charge is 0.320 e. The highest BCUT2D eigenvalue weighted by Crippen LogP contribution is 1.94. The van der Waals surface area contributed by atoms with E-state index >= 15 is 0 Å². The lowest BCUT2D eigenvalue weighted by Gasteiger charge is -2.11. The van der Waals surface area contributed by atoms with E-state index in [1.54, 1.807) is 6.92 Å². The first-order valence-electron chi connectivity index (χ1n) is 4.41. The fourth-order valence-electron chi connectivity index (χ4n) is 0.913. The van der Waals surface area contributed by atoms with Crippen LogP contribution in [0.3, 0.4) is 0 Å². The number of aliphatic carboxylic acids is 1. The molecule has 0 aliphatic heterocycles. The molecular weight excluding hydrogens is 202 g/mol. The Morgan fingerprint density at radius 2 is 2.36 bits per heavy atom. The molecule has 1 atom stereocenters. The van der Waals surface area contributed by atoms with Gasteiger partial charge in [0.05, 0.1) is 12.4 Å². The van der Waals surface area contributed by atoms with Crippen LogP contribution < -0.4 is 11.1 Å². The van der Waals surface area contributed by atoms with Gasteiger partial charge in [-0.1, -0.05) is 0 Å². The molecule has 82 valence electrons. The third kappa shape index (κ3) is 6.73. The number of carboxylic acids is 1. The van der Waals surface area contributed by atoms with Gasteiger partial charge in [0.2, 0.25) is 0 Å². The summed E-state index contributed by atoms with van der Waals surface area (Å²) < 4.78 is 0. The number of nitrogens with zero attached hydrogens (tertiary/aromatic N) is 1. The van der Waals surface area contributed by atoms with Crippen molar-refractivity contribution in [3.63, 3.8) is 0 Å². The van der Waals surface area contributed by atoms with Crippen molar-refractivity contribution in [2.75, 3.05) is 18.8 Å². The van der Waals surface area contributed by atoms with E-state index in [4.69, 9.17) is 10.8 Å². The summed E-state index contributed by atoms with van der Waals surface area (Å²) in [4.78, 5) is 14.6. The SMILES string of the molecule is CC(N)=NCCN[C@@H](CCS)C(=O)O. The van der Waals surface area contributed by atoms with Crippen molar-refractivity contribution in [1.82, 2.24) is 5.32 Å². The Morgan fingerprint density at radius 3 is 2.79 bits per heavy atom. The molecule has 0 amide bonds. The molecular formula is C8H17N3O2S. The quantitative estimate of drug-likeness (QED) is 0.205. The monoisotopic (exact) mass is 219 g/mol. The first-order valence-corrected chi connectivity index (χ1v) is 5.04. The number of thiol groups is 1. The number of nitrogens with one attached hydrogen (secondary N) is 1. The number of carbonyl (C=O) groups is 1. The lowest BCUT2D eigenvalue weighted by Crippen LogP contribution is -2.38. The zero-order valence-corrected chi connectivity index (χ0v) is 9.13. The summed E-state index contributed by atoms with van der Waals surface area (Å²) >= 11 is 3.98. The third-order valence-electron chi connectivity index (χ3n) is 1.58. The Bertz CT molecular complexity index is 205. The fraction of sp³-hybridized carbons (Fsp3) is 0.750. The second-order valence-corrected chi connectivity index (χ2v) is 3.33. The van der Waals surface area contributed by atoms with Crippen molar-refractivity contribution >= 4 is 24.4 Å². The van der Waals surface area contributed by atoms with Gasteiger partial charge in [0, 0.05) is 6.54 Å². The van der Waals surface area contributed by atoms with Gasteiger partial charge in [-0.05, 0) is 19.1 Å². The molecule has 0 fully saturated rings. The molecule has 0 spiro atoms. The van der Waals surface area contributed by atoms with Crippen LogP contribution in [0.2, 0.25) is 0 Å². The summed E-state index contributed by atoms with van der Waals surface area (Å²) in [7, 11) is 0. The minimum absolute atomic E-state index is 0.499. The second kappa shape index (κ2) is 7.64. The van der Waals surface area contributed by atoms with Gasteiger partial charge in [-0.25, -0.2) is 0 Å². The number of hydrogen-bond donors (Lipinski definition) is 4. The number of amidine groups is 1. The summed E-state index contributed by atoms with van der Waals surface area (Å²) in [6.45, 7) is 2.71. The first-order chi connectivity index (χ1) is 6.57. The molecule has 5 nitrogen and oxygen atoms in total. The molecule has 14 heavy (non-hydrogen) atoms. The van der Waals surface area contributed by atoms with Crippen molar-refractivity contribution in [3.8, 4) is 0 Å². The molecule has 0 rings (SSSR count). The Balaban J connectivity index is 3.72. The normalized spacial score (nSPS) is 14.0. The maximum absolute atomic E-state index is 10.7. The minimum atomic E-state index is -0.854. The number of aliphatic imine (C=N–C) groups is 1. The lowest BCUT2D eigenvalue weighted by atomic mass is 10.2. The van der Waals surface area contributed by atoms with Gasteiger partial charge in [0.15, 0.2) is 0 Å². The van der Waals surface area contributed by atoms with Crippen LogP contribution >= 0.6 is 12.6 Å². The maximum Gasteiger partial charge on any atom is 0.320 e. The lowest BCUT2D eigenvalue weighted by molar-refractivity contribution is -0.139. The van der Waals surface area contributed by atoms with Crippen molar-refractivity contribution < 1.29 is 9.90 Å². The van der Waals surface area contributed by atoms with E-state index in [1.807, 2.05) is 0 Å². The number of hydrogen-bond acceptors (Lipinski definition) is 4. The molecule has 0 saturated carbocycles. The molecule has 0 aromatic carbocycles. The largest absolute Gasteiger partial charge is 0.480 e. The predicted molar refractivity (Wildman–Crippen MR) is 60.1 cm³/mol. The van der Waals surface area contributed by atoms with Crippen molar-refractivity contribution in [2.24, 2.45) is 10.7 Å². The molecule has 0 aromatic rings. The van der Waals surface area contributed by atoms with E-state index in [0.717, 1.165) is 0 Å². The van der Waals surface area contributed by atoms with Gasteiger partial charge in [0.1, 0.15) is 6.04 Å². The van der Waals surface area contributed by atoms with Crippen LogP contribution in [-0.4, -0.2) is 41.8 Å². The van der Waals surface area contributed by atoms with E-state index in [1.165, 1.54) is 0 Å². The Labute approximate surface area is 89.2 Å². The summed E-state index contributed by atoms with van der Waals surface area (Å²) in [6.07, 6.45) is 0.504. The first kappa shape index (κ1) is 13.2. The molecule has 0 saturated heterocycles. The zero-order chi connectivity index (χ0) is 11.0. The average molecular weight is 219 g/mol. The second-order valence-electron chi connectivity index (χ2n) is 2.88. The van der Waals surface area contributed by atoms with Crippen LogP contribution in [0.5, 0.6) is 0 Å². The summed E-state index contributed by atoms with van der Waals surface area (Å²) in [6, 6.07) is -0.541. The molecule has 0 radical (unpaired) electrons. The van der Waals surface area contributed by atoms with Crippen molar-refractivity contribution in [3.05, 3.63) is 0 Å².